The number of non-ortho nitro benzene ring substituents is 1. The number of rotatable bonds is 5. The van der Waals surface area contributed by atoms with Crippen molar-refractivity contribution in [3.05, 3.63) is 39.9 Å². The van der Waals surface area contributed by atoms with Crippen LogP contribution >= 0.6 is 0 Å². The average molecular weight is 305 g/mol. The van der Waals surface area contributed by atoms with Gasteiger partial charge in [-0.2, -0.15) is 13.2 Å². The van der Waals surface area contributed by atoms with Crippen molar-refractivity contribution in [3.63, 3.8) is 0 Å². The van der Waals surface area contributed by atoms with Crippen molar-refractivity contribution in [1.82, 2.24) is 0 Å². The van der Waals surface area contributed by atoms with Gasteiger partial charge in [-0.25, -0.2) is 4.79 Å². The number of halogens is 3. The highest BCUT2D eigenvalue weighted by molar-refractivity contribution is 5.90. The van der Waals surface area contributed by atoms with E-state index in [1.807, 2.05) is 0 Å². The summed E-state index contributed by atoms with van der Waals surface area (Å²) in [6, 6.07) is 4.19. The molecule has 0 heterocycles. The molecule has 0 unspecified atom stereocenters. The highest BCUT2D eigenvalue weighted by Crippen LogP contribution is 2.39. The number of esters is 1. The monoisotopic (exact) mass is 305 g/mol. The molecule has 0 atom stereocenters. The Morgan fingerprint density at radius 2 is 1.67 bits per heavy atom. The van der Waals surface area contributed by atoms with Crippen LogP contribution in [0.25, 0.3) is 0 Å². The fourth-order valence-electron chi connectivity index (χ4n) is 1.81. The summed E-state index contributed by atoms with van der Waals surface area (Å²) in [7, 11) is 0. The van der Waals surface area contributed by atoms with Crippen molar-refractivity contribution < 1.29 is 27.6 Å². The largest absolute Gasteiger partial charge is 0.446 e. The van der Waals surface area contributed by atoms with E-state index >= 15 is 0 Å². The van der Waals surface area contributed by atoms with Gasteiger partial charge < -0.3 is 4.74 Å². The number of nitro groups is 1. The summed E-state index contributed by atoms with van der Waals surface area (Å²) in [5.74, 6) is -1.16. The zero-order valence-corrected chi connectivity index (χ0v) is 11.4. The number of hydrogen-bond acceptors (Lipinski definition) is 4. The Labute approximate surface area is 118 Å². The van der Waals surface area contributed by atoms with Crippen LogP contribution in [-0.4, -0.2) is 22.7 Å². The number of benzene rings is 1. The second kappa shape index (κ2) is 6.11. The molecule has 0 aliphatic carbocycles. The molecule has 0 aliphatic heterocycles. The minimum Gasteiger partial charge on any atom is -0.446 e. The molecule has 0 fully saturated rings. The molecule has 0 spiro atoms. The summed E-state index contributed by atoms with van der Waals surface area (Å²) in [6.45, 7) is 2.56. The van der Waals surface area contributed by atoms with Crippen LogP contribution in [0, 0.1) is 10.1 Å². The number of hydrogen-bond donors (Lipinski definition) is 0. The molecule has 1 rings (SSSR count). The molecule has 1 aromatic carbocycles. The third-order valence-corrected chi connectivity index (χ3v) is 3.26. The lowest BCUT2D eigenvalue weighted by Gasteiger charge is -2.33. The molecule has 0 aliphatic rings. The maximum atomic E-state index is 13.1. The summed E-state index contributed by atoms with van der Waals surface area (Å²) < 4.78 is 43.8. The molecule has 21 heavy (non-hydrogen) atoms. The second-order valence-electron chi connectivity index (χ2n) is 4.39. The Balaban J connectivity index is 3.00. The predicted molar refractivity (Wildman–Crippen MR) is 67.9 cm³/mol. The smallest absolute Gasteiger partial charge is 0.428 e. The molecule has 0 aromatic heterocycles. The van der Waals surface area contributed by atoms with E-state index in [9.17, 15) is 28.1 Å². The Kier molecular flexibility index (Phi) is 4.93. The number of carbonyl (C=O) groups is 1. The van der Waals surface area contributed by atoms with Gasteiger partial charge in [0.25, 0.3) is 5.69 Å². The number of ether oxygens (including phenoxy) is 1. The summed E-state index contributed by atoms with van der Waals surface area (Å²) in [6.07, 6.45) is -5.51. The van der Waals surface area contributed by atoms with Gasteiger partial charge in [-0.15, -0.1) is 0 Å². The minimum atomic E-state index is -4.69. The first-order valence-corrected chi connectivity index (χ1v) is 6.21. The minimum absolute atomic E-state index is 0.170. The van der Waals surface area contributed by atoms with Gasteiger partial charge in [0.15, 0.2) is 0 Å². The zero-order chi connectivity index (χ0) is 16.3. The van der Waals surface area contributed by atoms with Gasteiger partial charge in [0, 0.05) is 12.1 Å². The lowest BCUT2D eigenvalue weighted by molar-refractivity contribution is -0.384. The third kappa shape index (κ3) is 3.50. The van der Waals surface area contributed by atoms with Gasteiger partial charge in [0.1, 0.15) is 0 Å². The van der Waals surface area contributed by atoms with E-state index in [2.05, 4.69) is 4.74 Å². The van der Waals surface area contributed by atoms with Crippen LogP contribution in [0.3, 0.4) is 0 Å². The van der Waals surface area contributed by atoms with E-state index in [1.54, 1.807) is 0 Å². The standard InChI is InChI=1S/C13H14F3NO4/c1-3-12(4-2,13(14,15)16)21-11(18)9-5-7-10(8-6-9)17(19)20/h5-8H,3-4H2,1-2H3. The van der Waals surface area contributed by atoms with E-state index in [0.29, 0.717) is 0 Å². The average Bonchev–Trinajstić information content (AvgIpc) is 2.43. The molecule has 0 bridgehead atoms. The van der Waals surface area contributed by atoms with Crippen molar-refractivity contribution in [1.29, 1.82) is 0 Å². The number of alkyl halides is 3. The molecule has 0 amide bonds. The highest BCUT2D eigenvalue weighted by Gasteiger charge is 2.55. The second-order valence-corrected chi connectivity index (χ2v) is 4.39. The van der Waals surface area contributed by atoms with Gasteiger partial charge in [0.05, 0.1) is 10.5 Å². The number of nitrogens with zero attached hydrogens (tertiary/aromatic N) is 1. The lowest BCUT2D eigenvalue weighted by atomic mass is 9.96. The Morgan fingerprint density at radius 3 is 2.00 bits per heavy atom. The molecular weight excluding hydrogens is 291 g/mol. The Hall–Kier alpha value is -2.12. The van der Waals surface area contributed by atoms with Crippen LogP contribution in [0.15, 0.2) is 24.3 Å². The third-order valence-electron chi connectivity index (χ3n) is 3.26. The van der Waals surface area contributed by atoms with Gasteiger partial charge >= 0.3 is 12.1 Å². The maximum Gasteiger partial charge on any atom is 0.428 e. The molecule has 1 aromatic rings. The molecule has 0 N–H and O–H groups in total. The molecule has 5 nitrogen and oxygen atoms in total. The van der Waals surface area contributed by atoms with Gasteiger partial charge in [-0.1, -0.05) is 13.8 Å². The van der Waals surface area contributed by atoms with Crippen LogP contribution in [0.1, 0.15) is 37.0 Å². The van der Waals surface area contributed by atoms with Gasteiger partial charge in [-0.3, -0.25) is 10.1 Å². The molecule has 0 radical (unpaired) electrons. The normalized spacial score (nSPS) is 12.0. The first kappa shape index (κ1) is 16.9. The van der Waals surface area contributed by atoms with Crippen LogP contribution in [0.5, 0.6) is 0 Å². The van der Waals surface area contributed by atoms with E-state index in [4.69, 9.17) is 0 Å². The van der Waals surface area contributed by atoms with E-state index in [-0.39, 0.29) is 11.3 Å². The highest BCUT2D eigenvalue weighted by atomic mass is 19.4. The summed E-state index contributed by atoms with van der Waals surface area (Å²) >= 11 is 0. The molecule has 0 saturated carbocycles. The number of nitro benzene ring substituents is 1. The Morgan fingerprint density at radius 1 is 1.19 bits per heavy atom. The topological polar surface area (TPSA) is 69.4 Å². The molecule has 8 heteroatoms. The fourth-order valence-corrected chi connectivity index (χ4v) is 1.81. The Bertz CT molecular complexity index is 521. The summed E-state index contributed by atoms with van der Waals surface area (Å²) in [5.41, 5.74) is -2.98. The van der Waals surface area contributed by atoms with Crippen LogP contribution in [-0.2, 0) is 4.74 Å². The molecule has 0 saturated heterocycles. The zero-order valence-electron chi connectivity index (χ0n) is 11.4. The first-order valence-electron chi connectivity index (χ1n) is 6.21. The van der Waals surface area contributed by atoms with Crippen molar-refractivity contribution in [3.8, 4) is 0 Å². The van der Waals surface area contributed by atoms with Crippen molar-refractivity contribution in [2.75, 3.05) is 0 Å². The van der Waals surface area contributed by atoms with Crippen LogP contribution in [0.4, 0.5) is 18.9 Å². The van der Waals surface area contributed by atoms with E-state index in [0.717, 1.165) is 24.3 Å². The fraction of sp³-hybridized carbons (Fsp3) is 0.462. The lowest BCUT2D eigenvalue weighted by Crippen LogP contribution is -2.48. The SMILES string of the molecule is CCC(CC)(OC(=O)c1ccc([N+](=O)[O-])cc1)C(F)(F)F. The van der Waals surface area contributed by atoms with Crippen molar-refractivity contribution >= 4 is 11.7 Å². The maximum absolute atomic E-state index is 13.1. The molecule has 116 valence electrons. The molecular formula is C13H14F3NO4. The van der Waals surface area contributed by atoms with Crippen molar-refractivity contribution in [2.24, 2.45) is 0 Å². The predicted octanol–water partition coefficient (Wildman–Crippen LogP) is 3.87. The summed E-state index contributed by atoms with van der Waals surface area (Å²) in [4.78, 5) is 21.6. The van der Waals surface area contributed by atoms with Gasteiger partial charge in [-0.05, 0) is 25.0 Å². The van der Waals surface area contributed by atoms with Crippen LogP contribution in [0.2, 0.25) is 0 Å². The van der Waals surface area contributed by atoms with Crippen molar-refractivity contribution in [2.45, 2.75) is 38.5 Å². The first-order chi connectivity index (χ1) is 9.66. The van der Waals surface area contributed by atoms with Gasteiger partial charge in [0.2, 0.25) is 5.60 Å². The van der Waals surface area contributed by atoms with E-state index in [1.165, 1.54) is 13.8 Å². The van der Waals surface area contributed by atoms with Crippen LogP contribution < -0.4 is 0 Å². The quantitative estimate of drug-likeness (QED) is 0.470. The summed E-state index contributed by atoms with van der Waals surface area (Å²) in [5, 5.41) is 10.5. The van der Waals surface area contributed by atoms with E-state index < -0.39 is 35.5 Å². The number of carbonyl (C=O) groups excluding carboxylic acids is 1.